The molecule has 0 saturated heterocycles. The first-order chi connectivity index (χ1) is 11.6. The van der Waals surface area contributed by atoms with Crippen molar-refractivity contribution in [3.63, 3.8) is 0 Å². The van der Waals surface area contributed by atoms with Crippen molar-refractivity contribution < 1.29 is 23.8 Å². The summed E-state index contributed by atoms with van der Waals surface area (Å²) < 4.78 is 15.9. The monoisotopic (exact) mass is 348 g/mol. The SMILES string of the molecule is CCOC(=O)c1cnc(SC)nc1Oc1ccc(C=O)cc1OC. The van der Waals surface area contributed by atoms with Crippen molar-refractivity contribution in [1.82, 2.24) is 9.97 Å². The van der Waals surface area contributed by atoms with Crippen LogP contribution in [-0.4, -0.2) is 42.2 Å². The minimum absolute atomic E-state index is 0.0601. The molecule has 0 atom stereocenters. The molecule has 2 aromatic rings. The van der Waals surface area contributed by atoms with E-state index in [-0.39, 0.29) is 18.1 Å². The third-order valence-electron chi connectivity index (χ3n) is 2.94. The third kappa shape index (κ3) is 4.02. The molecule has 0 aliphatic carbocycles. The summed E-state index contributed by atoms with van der Waals surface area (Å²) in [6.07, 6.45) is 3.87. The van der Waals surface area contributed by atoms with Gasteiger partial charge in [-0.25, -0.2) is 9.78 Å². The standard InChI is InChI=1S/C16H16N2O5S/c1-4-22-15(20)11-8-17-16(24-3)18-14(11)23-12-6-5-10(9-19)7-13(12)21-2/h5-9H,4H2,1-3H3. The maximum Gasteiger partial charge on any atom is 0.345 e. The van der Waals surface area contributed by atoms with Gasteiger partial charge >= 0.3 is 5.97 Å². The van der Waals surface area contributed by atoms with E-state index in [9.17, 15) is 9.59 Å². The largest absolute Gasteiger partial charge is 0.493 e. The summed E-state index contributed by atoms with van der Waals surface area (Å²) in [6.45, 7) is 1.93. The lowest BCUT2D eigenvalue weighted by molar-refractivity contribution is 0.0521. The third-order valence-corrected chi connectivity index (χ3v) is 3.50. The van der Waals surface area contributed by atoms with Gasteiger partial charge in [-0.05, 0) is 31.4 Å². The topological polar surface area (TPSA) is 87.6 Å². The highest BCUT2D eigenvalue weighted by Crippen LogP contribution is 2.33. The van der Waals surface area contributed by atoms with Gasteiger partial charge < -0.3 is 14.2 Å². The fourth-order valence-corrected chi connectivity index (χ4v) is 2.15. The number of methoxy groups -OCH3 is 1. The van der Waals surface area contributed by atoms with Crippen molar-refractivity contribution in [2.45, 2.75) is 12.1 Å². The highest BCUT2D eigenvalue weighted by atomic mass is 32.2. The van der Waals surface area contributed by atoms with Crippen LogP contribution in [0.1, 0.15) is 27.6 Å². The molecule has 0 fully saturated rings. The van der Waals surface area contributed by atoms with E-state index in [1.54, 1.807) is 19.1 Å². The maximum absolute atomic E-state index is 12.0. The molecule has 1 aromatic heterocycles. The van der Waals surface area contributed by atoms with Gasteiger partial charge in [0.05, 0.1) is 13.7 Å². The van der Waals surface area contributed by atoms with Crippen molar-refractivity contribution in [3.8, 4) is 17.4 Å². The maximum atomic E-state index is 12.0. The van der Waals surface area contributed by atoms with Crippen molar-refractivity contribution in [2.24, 2.45) is 0 Å². The molecule has 0 radical (unpaired) electrons. The number of nitrogens with zero attached hydrogens (tertiary/aromatic N) is 2. The number of hydrogen-bond acceptors (Lipinski definition) is 8. The lowest BCUT2D eigenvalue weighted by atomic mass is 10.2. The van der Waals surface area contributed by atoms with Crippen LogP contribution in [0, 0.1) is 0 Å². The van der Waals surface area contributed by atoms with Gasteiger partial charge in [-0.3, -0.25) is 4.79 Å². The molecule has 24 heavy (non-hydrogen) atoms. The number of rotatable bonds is 7. The number of aromatic nitrogens is 2. The van der Waals surface area contributed by atoms with E-state index >= 15 is 0 Å². The fourth-order valence-electron chi connectivity index (χ4n) is 1.82. The number of thioether (sulfide) groups is 1. The van der Waals surface area contributed by atoms with E-state index in [1.807, 2.05) is 6.26 Å². The number of hydrogen-bond donors (Lipinski definition) is 0. The molecule has 0 N–H and O–H groups in total. The van der Waals surface area contributed by atoms with Crippen LogP contribution >= 0.6 is 11.8 Å². The minimum Gasteiger partial charge on any atom is -0.493 e. The first kappa shape index (κ1) is 17.7. The molecule has 0 amide bonds. The Hall–Kier alpha value is -2.61. The summed E-state index contributed by atoms with van der Waals surface area (Å²) in [7, 11) is 1.45. The van der Waals surface area contributed by atoms with E-state index in [1.165, 1.54) is 31.1 Å². The van der Waals surface area contributed by atoms with Crippen molar-refractivity contribution in [3.05, 3.63) is 35.5 Å². The van der Waals surface area contributed by atoms with Gasteiger partial charge in [0, 0.05) is 11.8 Å². The zero-order chi connectivity index (χ0) is 17.5. The summed E-state index contributed by atoms with van der Waals surface area (Å²) in [5.41, 5.74) is 0.550. The predicted octanol–water partition coefficient (Wildman–Crippen LogP) is 2.99. The second-order valence-electron chi connectivity index (χ2n) is 4.43. The predicted molar refractivity (Wildman–Crippen MR) is 88.2 cm³/mol. The smallest absolute Gasteiger partial charge is 0.345 e. The number of carbonyl (C=O) groups excluding carboxylic acids is 2. The van der Waals surface area contributed by atoms with E-state index in [2.05, 4.69) is 9.97 Å². The van der Waals surface area contributed by atoms with Crippen LogP contribution in [0.2, 0.25) is 0 Å². The quantitative estimate of drug-likeness (QED) is 0.327. The molecule has 0 spiro atoms. The molecule has 0 saturated carbocycles. The van der Waals surface area contributed by atoms with Crippen LogP contribution in [-0.2, 0) is 4.74 Å². The molecular weight excluding hydrogens is 332 g/mol. The number of esters is 1. The molecule has 2 rings (SSSR count). The Bertz CT molecular complexity index is 751. The average molecular weight is 348 g/mol. The Balaban J connectivity index is 2.44. The molecule has 1 aromatic carbocycles. The molecule has 0 unspecified atom stereocenters. The van der Waals surface area contributed by atoms with Gasteiger partial charge in [-0.1, -0.05) is 11.8 Å². The lowest BCUT2D eigenvalue weighted by Crippen LogP contribution is -2.09. The van der Waals surface area contributed by atoms with Gasteiger partial charge in [0.25, 0.3) is 0 Å². The Kier molecular flexibility index (Phi) is 6.14. The van der Waals surface area contributed by atoms with Gasteiger partial charge in [0.2, 0.25) is 5.88 Å². The van der Waals surface area contributed by atoms with Crippen LogP contribution in [0.25, 0.3) is 0 Å². The normalized spacial score (nSPS) is 10.1. The average Bonchev–Trinajstić information content (AvgIpc) is 2.62. The second-order valence-corrected chi connectivity index (χ2v) is 5.20. The van der Waals surface area contributed by atoms with Gasteiger partial charge in [-0.2, -0.15) is 4.98 Å². The molecule has 0 bridgehead atoms. The minimum atomic E-state index is -0.580. The van der Waals surface area contributed by atoms with Crippen molar-refractivity contribution in [1.29, 1.82) is 0 Å². The first-order valence-corrected chi connectivity index (χ1v) is 8.24. The summed E-state index contributed by atoms with van der Waals surface area (Å²) >= 11 is 1.31. The van der Waals surface area contributed by atoms with Gasteiger partial charge in [-0.15, -0.1) is 0 Å². The molecule has 8 heteroatoms. The zero-order valence-electron chi connectivity index (χ0n) is 13.4. The molecule has 7 nitrogen and oxygen atoms in total. The number of ether oxygens (including phenoxy) is 3. The highest BCUT2D eigenvalue weighted by Gasteiger charge is 2.19. The van der Waals surface area contributed by atoms with Crippen LogP contribution in [0.4, 0.5) is 0 Å². The Labute approximate surface area is 143 Å². The van der Waals surface area contributed by atoms with Crippen molar-refractivity contribution in [2.75, 3.05) is 20.0 Å². The molecule has 0 aliphatic rings. The van der Waals surface area contributed by atoms with E-state index < -0.39 is 5.97 Å². The highest BCUT2D eigenvalue weighted by molar-refractivity contribution is 7.98. The Morgan fingerprint density at radius 3 is 2.75 bits per heavy atom. The second kappa shape index (κ2) is 8.30. The Morgan fingerprint density at radius 1 is 1.33 bits per heavy atom. The number of benzene rings is 1. The van der Waals surface area contributed by atoms with Gasteiger partial charge in [0.15, 0.2) is 16.7 Å². The fraction of sp³-hybridized carbons (Fsp3) is 0.250. The summed E-state index contributed by atoms with van der Waals surface area (Å²) in [4.78, 5) is 31.2. The number of carbonyl (C=O) groups is 2. The molecule has 126 valence electrons. The van der Waals surface area contributed by atoms with Gasteiger partial charge in [0.1, 0.15) is 11.8 Å². The summed E-state index contributed by atoms with van der Waals surface area (Å²) in [5.74, 6) is 0.145. The zero-order valence-corrected chi connectivity index (χ0v) is 14.3. The molecular formula is C16H16N2O5S. The summed E-state index contributed by atoms with van der Waals surface area (Å²) in [5, 5.41) is 0.446. The first-order valence-electron chi connectivity index (χ1n) is 7.02. The molecule has 1 heterocycles. The Morgan fingerprint density at radius 2 is 2.12 bits per heavy atom. The van der Waals surface area contributed by atoms with E-state index in [4.69, 9.17) is 14.2 Å². The van der Waals surface area contributed by atoms with Crippen LogP contribution in [0.15, 0.2) is 29.6 Å². The van der Waals surface area contributed by atoms with E-state index in [0.717, 1.165) is 0 Å². The van der Waals surface area contributed by atoms with Crippen LogP contribution in [0.5, 0.6) is 17.4 Å². The number of aldehydes is 1. The lowest BCUT2D eigenvalue weighted by Gasteiger charge is -2.12. The van der Waals surface area contributed by atoms with Crippen LogP contribution in [0.3, 0.4) is 0 Å². The summed E-state index contributed by atoms with van der Waals surface area (Å²) in [6, 6.07) is 4.67. The van der Waals surface area contributed by atoms with Crippen LogP contribution < -0.4 is 9.47 Å². The van der Waals surface area contributed by atoms with E-state index in [0.29, 0.717) is 28.5 Å². The van der Waals surface area contributed by atoms with Crippen molar-refractivity contribution >= 4 is 24.0 Å². The molecule has 0 aliphatic heterocycles.